The predicted molar refractivity (Wildman–Crippen MR) is 97.8 cm³/mol. The summed E-state index contributed by atoms with van der Waals surface area (Å²) in [5, 5.41) is 24.6. The molecule has 0 radical (unpaired) electrons. The SMILES string of the molecule is O=[N+]([O-])c1ccc(C2=[N+]3CCCCCN3[C@](O)(c3ccccc3)C2)cc1. The van der Waals surface area contributed by atoms with Gasteiger partial charge < -0.3 is 5.11 Å². The summed E-state index contributed by atoms with van der Waals surface area (Å²) in [6.07, 6.45) is 3.71. The zero-order valence-electron chi connectivity index (χ0n) is 14.5. The number of hydrazone groups is 1. The average Bonchev–Trinajstić information content (AvgIpc) is 2.82. The van der Waals surface area contributed by atoms with E-state index in [1.165, 1.54) is 12.1 Å². The van der Waals surface area contributed by atoms with Crippen LogP contribution in [0.5, 0.6) is 0 Å². The molecule has 2 aromatic carbocycles. The zero-order valence-corrected chi connectivity index (χ0v) is 14.5. The van der Waals surface area contributed by atoms with Crippen LogP contribution in [0.25, 0.3) is 0 Å². The molecule has 26 heavy (non-hydrogen) atoms. The Morgan fingerprint density at radius 1 is 1.04 bits per heavy atom. The number of nitrogens with zero attached hydrogens (tertiary/aromatic N) is 3. The van der Waals surface area contributed by atoms with E-state index in [-0.39, 0.29) is 10.6 Å². The molecule has 1 fully saturated rings. The van der Waals surface area contributed by atoms with Crippen LogP contribution in [0.3, 0.4) is 0 Å². The van der Waals surface area contributed by atoms with Gasteiger partial charge in [0.25, 0.3) is 5.69 Å². The first-order valence-corrected chi connectivity index (χ1v) is 9.03. The fraction of sp³-hybridized carbons (Fsp3) is 0.350. The first-order valence-electron chi connectivity index (χ1n) is 9.03. The van der Waals surface area contributed by atoms with Gasteiger partial charge in [-0.05, 0) is 25.0 Å². The standard InChI is InChI=1S/C20H22N3O3/c24-20(17-7-3-1-4-8-17)15-19(21-13-5-2-6-14-22(20)21)16-9-11-18(12-10-16)23(25)26/h1,3-4,7-12,24H,2,5-6,13-15H2/q+1/t20-/m1/s1. The molecular formula is C20H22N3O3+. The first-order chi connectivity index (χ1) is 12.6. The van der Waals surface area contributed by atoms with Crippen LogP contribution in [-0.4, -0.2) is 38.5 Å². The summed E-state index contributed by atoms with van der Waals surface area (Å²) < 4.78 is 2.18. The van der Waals surface area contributed by atoms with Crippen molar-refractivity contribution in [2.45, 2.75) is 31.4 Å². The normalized spacial score (nSPS) is 22.9. The Labute approximate surface area is 152 Å². The molecular weight excluding hydrogens is 330 g/mol. The van der Waals surface area contributed by atoms with Crippen molar-refractivity contribution in [3.05, 3.63) is 75.8 Å². The Hall–Kier alpha value is -2.73. The number of aliphatic hydroxyl groups is 1. The highest BCUT2D eigenvalue weighted by molar-refractivity contribution is 5.98. The van der Waals surface area contributed by atoms with Crippen LogP contribution in [0.2, 0.25) is 0 Å². The molecule has 0 aromatic heterocycles. The third kappa shape index (κ3) is 2.76. The Kier molecular flexibility index (Phi) is 4.20. The first kappa shape index (κ1) is 16.7. The smallest absolute Gasteiger partial charge is 0.269 e. The molecule has 1 N–H and O–H groups in total. The van der Waals surface area contributed by atoms with Crippen molar-refractivity contribution < 1.29 is 14.7 Å². The Balaban J connectivity index is 1.77. The average molecular weight is 352 g/mol. The Bertz CT molecular complexity index is 848. The molecule has 2 aliphatic rings. The van der Waals surface area contributed by atoms with Gasteiger partial charge in [-0.3, -0.25) is 10.1 Å². The van der Waals surface area contributed by atoms with Crippen molar-refractivity contribution in [2.75, 3.05) is 13.1 Å². The molecule has 6 heteroatoms. The highest BCUT2D eigenvalue weighted by Crippen LogP contribution is 2.38. The molecule has 0 amide bonds. The van der Waals surface area contributed by atoms with Crippen LogP contribution in [0.4, 0.5) is 5.69 Å². The number of benzene rings is 2. The molecule has 0 unspecified atom stereocenters. The minimum Gasteiger partial charge on any atom is -0.362 e. The van der Waals surface area contributed by atoms with Gasteiger partial charge in [-0.1, -0.05) is 30.3 Å². The number of nitro groups is 1. The van der Waals surface area contributed by atoms with Gasteiger partial charge >= 0.3 is 0 Å². The second kappa shape index (κ2) is 6.53. The fourth-order valence-electron chi connectivity index (χ4n) is 4.01. The summed E-state index contributed by atoms with van der Waals surface area (Å²) in [7, 11) is 0. The van der Waals surface area contributed by atoms with Crippen molar-refractivity contribution in [3.63, 3.8) is 0 Å². The maximum Gasteiger partial charge on any atom is 0.269 e. The quantitative estimate of drug-likeness (QED) is 0.524. The molecule has 2 aromatic rings. The molecule has 2 aliphatic heterocycles. The van der Waals surface area contributed by atoms with E-state index in [4.69, 9.17) is 0 Å². The molecule has 0 spiro atoms. The summed E-state index contributed by atoms with van der Waals surface area (Å²) >= 11 is 0. The zero-order chi connectivity index (χ0) is 18.1. The number of nitro benzene ring substituents is 1. The molecule has 1 saturated heterocycles. The predicted octanol–water partition coefficient (Wildman–Crippen LogP) is 3.05. The van der Waals surface area contributed by atoms with Gasteiger partial charge in [-0.2, -0.15) is 0 Å². The lowest BCUT2D eigenvalue weighted by atomic mass is 9.94. The van der Waals surface area contributed by atoms with E-state index in [9.17, 15) is 15.2 Å². The molecule has 4 rings (SSSR count). The van der Waals surface area contributed by atoms with E-state index < -0.39 is 5.72 Å². The molecule has 6 nitrogen and oxygen atoms in total. The largest absolute Gasteiger partial charge is 0.362 e. The number of hydrogen-bond donors (Lipinski definition) is 1. The van der Waals surface area contributed by atoms with Crippen LogP contribution in [-0.2, 0) is 5.72 Å². The van der Waals surface area contributed by atoms with Crippen molar-refractivity contribution >= 4 is 11.4 Å². The van der Waals surface area contributed by atoms with Gasteiger partial charge in [-0.25, -0.2) is 0 Å². The third-order valence-corrected chi connectivity index (χ3v) is 5.33. The third-order valence-electron chi connectivity index (χ3n) is 5.33. The van der Waals surface area contributed by atoms with Crippen LogP contribution in [0, 0.1) is 10.1 Å². The number of rotatable bonds is 3. The maximum atomic E-state index is 11.6. The topological polar surface area (TPSA) is 69.6 Å². The highest BCUT2D eigenvalue weighted by atomic mass is 16.6. The lowest BCUT2D eigenvalue weighted by Crippen LogP contribution is -2.46. The summed E-state index contributed by atoms with van der Waals surface area (Å²) in [5.74, 6) is 0. The molecule has 1 atom stereocenters. The van der Waals surface area contributed by atoms with Gasteiger partial charge in [0, 0.05) is 29.7 Å². The van der Waals surface area contributed by atoms with Crippen molar-refractivity contribution in [2.24, 2.45) is 0 Å². The molecule has 0 bridgehead atoms. The van der Waals surface area contributed by atoms with Gasteiger partial charge in [-0.15, -0.1) is 9.69 Å². The Morgan fingerprint density at radius 3 is 2.46 bits per heavy atom. The van der Waals surface area contributed by atoms with Crippen LogP contribution in [0.15, 0.2) is 54.6 Å². The molecule has 134 valence electrons. The molecule has 0 saturated carbocycles. The Morgan fingerprint density at radius 2 is 1.77 bits per heavy atom. The summed E-state index contributed by atoms with van der Waals surface area (Å²) in [6, 6.07) is 16.4. The van der Waals surface area contributed by atoms with Crippen molar-refractivity contribution in [1.29, 1.82) is 0 Å². The molecule has 2 heterocycles. The van der Waals surface area contributed by atoms with E-state index in [1.54, 1.807) is 12.1 Å². The monoisotopic (exact) mass is 352 g/mol. The second-order valence-electron chi connectivity index (χ2n) is 6.92. The van der Waals surface area contributed by atoms with Gasteiger partial charge in [0.15, 0.2) is 6.54 Å². The van der Waals surface area contributed by atoms with Crippen LogP contribution < -0.4 is 0 Å². The highest BCUT2D eigenvalue weighted by Gasteiger charge is 2.52. The lowest BCUT2D eigenvalue weighted by molar-refractivity contribution is -0.706. The maximum absolute atomic E-state index is 11.6. The van der Waals surface area contributed by atoms with Gasteiger partial charge in [0.2, 0.25) is 11.4 Å². The summed E-state index contributed by atoms with van der Waals surface area (Å²) in [5.41, 5.74) is 1.83. The number of non-ortho nitro benzene ring substituents is 1. The number of hydrazine groups is 1. The van der Waals surface area contributed by atoms with E-state index >= 15 is 0 Å². The number of fused-ring (bicyclic) bond motifs is 1. The minimum atomic E-state index is -1.08. The van der Waals surface area contributed by atoms with Gasteiger partial charge in [0.05, 0.1) is 17.9 Å². The van der Waals surface area contributed by atoms with E-state index in [2.05, 4.69) is 9.69 Å². The summed E-state index contributed by atoms with van der Waals surface area (Å²) in [6.45, 7) is 1.64. The lowest BCUT2D eigenvalue weighted by Gasteiger charge is -2.30. The van der Waals surface area contributed by atoms with E-state index in [1.807, 2.05) is 30.3 Å². The second-order valence-corrected chi connectivity index (χ2v) is 6.92. The van der Waals surface area contributed by atoms with Gasteiger partial charge in [0.1, 0.15) is 0 Å². The van der Waals surface area contributed by atoms with Crippen LogP contribution in [0.1, 0.15) is 36.8 Å². The van der Waals surface area contributed by atoms with Crippen LogP contribution >= 0.6 is 0 Å². The molecule has 0 aliphatic carbocycles. The van der Waals surface area contributed by atoms with Crippen molar-refractivity contribution in [1.82, 2.24) is 5.01 Å². The summed E-state index contributed by atoms with van der Waals surface area (Å²) in [4.78, 5) is 10.5. The number of hydrogen-bond acceptors (Lipinski definition) is 4. The minimum absolute atomic E-state index is 0.0818. The van der Waals surface area contributed by atoms with Crippen molar-refractivity contribution in [3.8, 4) is 0 Å². The van der Waals surface area contributed by atoms with E-state index in [0.29, 0.717) is 6.42 Å². The fourth-order valence-corrected chi connectivity index (χ4v) is 4.01. The van der Waals surface area contributed by atoms with E-state index in [0.717, 1.165) is 49.2 Å².